The number of anilines is 3. The van der Waals surface area contributed by atoms with E-state index in [1.807, 2.05) is 60.0 Å². The molecule has 4 N–H and O–H groups in total. The molecule has 0 saturated carbocycles. The number of carbonyl (C=O) groups is 1. The van der Waals surface area contributed by atoms with Gasteiger partial charge in [0.2, 0.25) is 0 Å². The van der Waals surface area contributed by atoms with Crippen molar-refractivity contribution in [3.05, 3.63) is 84.2 Å². The number of urea groups is 1. The summed E-state index contributed by atoms with van der Waals surface area (Å²) in [6.45, 7) is 0. The largest absolute Gasteiger partial charge is 0.457 e. The quantitative estimate of drug-likeness (QED) is 0.392. The molecule has 6 nitrogen and oxygen atoms in total. The van der Waals surface area contributed by atoms with E-state index < -0.39 is 0 Å². The highest BCUT2D eigenvalue weighted by molar-refractivity contribution is 7.13. The second-order valence-electron chi connectivity index (χ2n) is 6.17. The number of benzene rings is 3. The topological polar surface area (TPSA) is 89.3 Å². The molecular formula is C22H18N4O2S. The summed E-state index contributed by atoms with van der Waals surface area (Å²) in [7, 11) is 0. The fourth-order valence-electron chi connectivity index (χ4n) is 2.70. The van der Waals surface area contributed by atoms with Crippen LogP contribution in [0.3, 0.4) is 0 Å². The number of aromatic nitrogens is 1. The zero-order valence-corrected chi connectivity index (χ0v) is 16.1. The van der Waals surface area contributed by atoms with Crippen LogP contribution in [-0.4, -0.2) is 11.0 Å². The average Bonchev–Trinajstić information content (AvgIpc) is 3.17. The Balaban J connectivity index is 1.37. The Kier molecular flexibility index (Phi) is 5.40. The Labute approximate surface area is 172 Å². The molecule has 0 aliphatic rings. The highest BCUT2D eigenvalue weighted by Gasteiger charge is 2.07. The fraction of sp³-hybridized carbons (Fsp3) is 0. The molecule has 0 aliphatic heterocycles. The lowest BCUT2D eigenvalue weighted by Gasteiger charge is -2.10. The molecule has 0 spiro atoms. The van der Waals surface area contributed by atoms with Crippen LogP contribution >= 0.6 is 11.3 Å². The number of nitrogens with two attached hydrogens (primary N) is 1. The smallest absolute Gasteiger partial charge is 0.323 e. The van der Waals surface area contributed by atoms with E-state index in [9.17, 15) is 4.79 Å². The van der Waals surface area contributed by atoms with Crippen molar-refractivity contribution in [2.45, 2.75) is 0 Å². The number of hydrogen-bond donors (Lipinski definition) is 3. The molecular weight excluding hydrogens is 384 g/mol. The first-order chi connectivity index (χ1) is 14.2. The standard InChI is InChI=1S/C22H18N4O2S/c23-21-26-20(14-29-21)15-5-4-6-17(13-15)25-22(27)24-16-9-11-19(12-10-16)28-18-7-2-1-3-8-18/h1-14H,(H2,23,26)(H2,24,25,27). The van der Waals surface area contributed by atoms with Gasteiger partial charge in [0, 0.05) is 22.3 Å². The van der Waals surface area contributed by atoms with E-state index in [0.717, 1.165) is 17.0 Å². The summed E-state index contributed by atoms with van der Waals surface area (Å²) in [5, 5.41) is 8.02. The Morgan fingerprint density at radius 1 is 0.862 bits per heavy atom. The van der Waals surface area contributed by atoms with Gasteiger partial charge in [-0.15, -0.1) is 11.3 Å². The molecule has 1 heterocycles. The predicted octanol–water partition coefficient (Wildman–Crippen LogP) is 5.83. The van der Waals surface area contributed by atoms with Crippen LogP contribution in [0.15, 0.2) is 84.2 Å². The molecule has 0 atom stereocenters. The van der Waals surface area contributed by atoms with Crippen molar-refractivity contribution < 1.29 is 9.53 Å². The van der Waals surface area contributed by atoms with Crippen molar-refractivity contribution in [1.29, 1.82) is 0 Å². The summed E-state index contributed by atoms with van der Waals surface area (Å²) in [6, 6.07) is 23.8. The van der Waals surface area contributed by atoms with Crippen LogP contribution in [0.5, 0.6) is 11.5 Å². The van der Waals surface area contributed by atoms with Gasteiger partial charge in [0.15, 0.2) is 5.13 Å². The van der Waals surface area contributed by atoms with Gasteiger partial charge in [-0.25, -0.2) is 9.78 Å². The van der Waals surface area contributed by atoms with Crippen LogP contribution in [0.1, 0.15) is 0 Å². The van der Waals surface area contributed by atoms with Crippen molar-refractivity contribution >= 4 is 33.9 Å². The highest BCUT2D eigenvalue weighted by Crippen LogP contribution is 2.26. The van der Waals surface area contributed by atoms with Gasteiger partial charge in [-0.05, 0) is 48.5 Å². The van der Waals surface area contributed by atoms with E-state index in [-0.39, 0.29) is 6.03 Å². The van der Waals surface area contributed by atoms with Gasteiger partial charge in [-0.2, -0.15) is 0 Å². The monoisotopic (exact) mass is 402 g/mol. The van der Waals surface area contributed by atoms with Crippen LogP contribution < -0.4 is 21.1 Å². The normalized spacial score (nSPS) is 10.3. The lowest BCUT2D eigenvalue weighted by Crippen LogP contribution is -2.19. The number of carbonyl (C=O) groups excluding carboxylic acids is 1. The Morgan fingerprint density at radius 2 is 1.59 bits per heavy atom. The van der Waals surface area contributed by atoms with Crippen LogP contribution in [0, 0.1) is 0 Å². The van der Waals surface area contributed by atoms with Crippen LogP contribution in [0.2, 0.25) is 0 Å². The van der Waals surface area contributed by atoms with Gasteiger partial charge in [0.1, 0.15) is 11.5 Å². The molecule has 0 fully saturated rings. The Hall–Kier alpha value is -3.84. The van der Waals surface area contributed by atoms with E-state index >= 15 is 0 Å². The van der Waals surface area contributed by atoms with E-state index in [0.29, 0.717) is 22.3 Å². The van der Waals surface area contributed by atoms with Crippen molar-refractivity contribution in [2.75, 3.05) is 16.4 Å². The SMILES string of the molecule is Nc1nc(-c2cccc(NC(=O)Nc3ccc(Oc4ccccc4)cc3)c2)cs1. The lowest BCUT2D eigenvalue weighted by atomic mass is 10.1. The predicted molar refractivity (Wildman–Crippen MR) is 118 cm³/mol. The van der Waals surface area contributed by atoms with E-state index in [2.05, 4.69) is 15.6 Å². The maximum Gasteiger partial charge on any atom is 0.323 e. The third kappa shape index (κ3) is 4.91. The summed E-state index contributed by atoms with van der Waals surface area (Å²) >= 11 is 1.38. The fourth-order valence-corrected chi connectivity index (χ4v) is 3.27. The van der Waals surface area contributed by atoms with Gasteiger partial charge in [0.05, 0.1) is 5.69 Å². The summed E-state index contributed by atoms with van der Waals surface area (Å²) < 4.78 is 5.75. The van der Waals surface area contributed by atoms with E-state index in [4.69, 9.17) is 10.5 Å². The van der Waals surface area contributed by atoms with Crippen molar-refractivity contribution in [1.82, 2.24) is 4.98 Å². The minimum atomic E-state index is -0.336. The van der Waals surface area contributed by atoms with Crippen LogP contribution in [-0.2, 0) is 0 Å². The maximum absolute atomic E-state index is 12.3. The number of nitrogens with one attached hydrogen (secondary N) is 2. The zero-order valence-electron chi connectivity index (χ0n) is 15.3. The molecule has 2 amide bonds. The lowest BCUT2D eigenvalue weighted by molar-refractivity contribution is 0.262. The minimum absolute atomic E-state index is 0.336. The van der Waals surface area contributed by atoms with Gasteiger partial charge >= 0.3 is 6.03 Å². The molecule has 3 aromatic carbocycles. The van der Waals surface area contributed by atoms with Crippen molar-refractivity contribution in [3.8, 4) is 22.8 Å². The Bertz CT molecular complexity index is 1110. The number of nitrogens with zero attached hydrogens (tertiary/aromatic N) is 1. The number of hydrogen-bond acceptors (Lipinski definition) is 5. The zero-order chi connectivity index (χ0) is 20.1. The third-order valence-corrected chi connectivity index (χ3v) is 4.70. The second-order valence-corrected chi connectivity index (χ2v) is 7.06. The summed E-state index contributed by atoms with van der Waals surface area (Å²) in [6.07, 6.45) is 0. The molecule has 0 aliphatic carbocycles. The molecule has 0 bridgehead atoms. The molecule has 0 saturated heterocycles. The summed E-state index contributed by atoms with van der Waals surface area (Å²) in [5.41, 5.74) is 8.68. The number of ether oxygens (including phenoxy) is 1. The van der Waals surface area contributed by atoms with Crippen molar-refractivity contribution in [3.63, 3.8) is 0 Å². The van der Waals surface area contributed by atoms with Crippen LogP contribution in [0.25, 0.3) is 11.3 Å². The first kappa shape index (κ1) is 18.5. The highest BCUT2D eigenvalue weighted by atomic mass is 32.1. The third-order valence-electron chi connectivity index (χ3n) is 4.03. The number of thiazole rings is 1. The number of amides is 2. The number of para-hydroxylation sites is 1. The van der Waals surface area contributed by atoms with Crippen LogP contribution in [0.4, 0.5) is 21.3 Å². The minimum Gasteiger partial charge on any atom is -0.457 e. The first-order valence-corrected chi connectivity index (χ1v) is 9.76. The van der Waals surface area contributed by atoms with Gasteiger partial charge in [-0.1, -0.05) is 30.3 Å². The molecule has 7 heteroatoms. The molecule has 4 aromatic rings. The molecule has 144 valence electrons. The molecule has 29 heavy (non-hydrogen) atoms. The molecule has 0 unspecified atom stereocenters. The number of rotatable bonds is 5. The van der Waals surface area contributed by atoms with Gasteiger partial charge in [0.25, 0.3) is 0 Å². The molecule has 0 radical (unpaired) electrons. The first-order valence-electron chi connectivity index (χ1n) is 8.88. The number of nitrogen functional groups attached to an aromatic ring is 1. The molecule has 4 rings (SSSR count). The average molecular weight is 402 g/mol. The summed E-state index contributed by atoms with van der Waals surface area (Å²) in [5.74, 6) is 1.45. The maximum atomic E-state index is 12.3. The second kappa shape index (κ2) is 8.45. The van der Waals surface area contributed by atoms with Gasteiger partial charge in [-0.3, -0.25) is 0 Å². The van der Waals surface area contributed by atoms with Gasteiger partial charge < -0.3 is 21.1 Å². The van der Waals surface area contributed by atoms with E-state index in [1.54, 1.807) is 24.3 Å². The van der Waals surface area contributed by atoms with E-state index in [1.165, 1.54) is 11.3 Å². The summed E-state index contributed by atoms with van der Waals surface area (Å²) in [4.78, 5) is 16.6. The van der Waals surface area contributed by atoms with Crippen molar-refractivity contribution in [2.24, 2.45) is 0 Å². The Morgan fingerprint density at radius 3 is 2.31 bits per heavy atom. The molecule has 1 aromatic heterocycles.